The highest BCUT2D eigenvalue weighted by Crippen LogP contribution is 2.45. The Bertz CT molecular complexity index is 1120. The molecule has 0 saturated carbocycles. The van der Waals surface area contributed by atoms with Crippen molar-refractivity contribution in [2.75, 3.05) is 13.6 Å². The van der Waals surface area contributed by atoms with Gasteiger partial charge in [-0.15, -0.1) is 0 Å². The van der Waals surface area contributed by atoms with Crippen molar-refractivity contribution in [3.63, 3.8) is 0 Å². The number of carbonyl (C=O) groups excluding carboxylic acids is 2. The van der Waals surface area contributed by atoms with Gasteiger partial charge in [-0.3, -0.25) is 9.59 Å². The summed E-state index contributed by atoms with van der Waals surface area (Å²) >= 11 is 0. The minimum Gasteiger partial charge on any atom is -0.466 e. The van der Waals surface area contributed by atoms with E-state index >= 15 is 0 Å². The van der Waals surface area contributed by atoms with Gasteiger partial charge in [-0.05, 0) is 18.1 Å². The molecule has 0 bridgehead atoms. The maximum atomic E-state index is 13.3. The molecule has 3 aromatic carbocycles. The van der Waals surface area contributed by atoms with Crippen molar-refractivity contribution in [2.24, 2.45) is 0 Å². The number of rotatable bonds is 5. The Morgan fingerprint density at radius 2 is 1.32 bits per heavy atom. The SMILES string of the molecule is CCc1ccc2c(OCO)c3c(c(OCO)c2c1)C(=O)c1ccccc1C3=O. The molecule has 1 aliphatic carbocycles. The van der Waals surface area contributed by atoms with Crippen LogP contribution in [-0.2, 0) is 6.42 Å². The van der Waals surface area contributed by atoms with Gasteiger partial charge < -0.3 is 19.7 Å². The number of carbonyl (C=O) groups is 2. The van der Waals surface area contributed by atoms with Gasteiger partial charge in [0, 0.05) is 21.9 Å². The number of benzene rings is 3. The minimum absolute atomic E-state index is 0.0398. The van der Waals surface area contributed by atoms with Gasteiger partial charge in [0.25, 0.3) is 0 Å². The average molecular weight is 378 g/mol. The fraction of sp³-hybridized carbons (Fsp3) is 0.182. The standard InChI is InChI=1S/C22H18O6/c1-2-12-7-8-15-16(9-12)22(28-11-24)18-17(21(15)27-10-23)19(25)13-5-3-4-6-14(13)20(18)26/h3-9,23-24H,2,10-11H2,1H3. The number of aryl methyl sites for hydroxylation is 1. The second kappa shape index (κ2) is 7.07. The van der Waals surface area contributed by atoms with Gasteiger partial charge in [0.15, 0.2) is 25.2 Å². The molecule has 3 aromatic rings. The summed E-state index contributed by atoms with van der Waals surface area (Å²) in [5, 5.41) is 19.9. The van der Waals surface area contributed by atoms with E-state index in [2.05, 4.69) is 0 Å². The molecule has 4 rings (SSSR count). The fourth-order valence-electron chi connectivity index (χ4n) is 3.70. The van der Waals surface area contributed by atoms with Crippen LogP contribution in [0, 0.1) is 0 Å². The molecule has 0 spiro atoms. The van der Waals surface area contributed by atoms with E-state index < -0.39 is 19.4 Å². The molecular weight excluding hydrogens is 360 g/mol. The Morgan fingerprint density at radius 1 is 0.786 bits per heavy atom. The van der Waals surface area contributed by atoms with E-state index in [9.17, 15) is 19.8 Å². The van der Waals surface area contributed by atoms with Crippen LogP contribution in [0.4, 0.5) is 0 Å². The molecule has 2 N–H and O–H groups in total. The smallest absolute Gasteiger partial charge is 0.198 e. The normalized spacial score (nSPS) is 12.7. The van der Waals surface area contributed by atoms with Gasteiger partial charge in [0.2, 0.25) is 0 Å². The first-order valence-electron chi connectivity index (χ1n) is 8.90. The highest BCUT2D eigenvalue weighted by molar-refractivity contribution is 6.32. The zero-order chi connectivity index (χ0) is 19.8. The lowest BCUT2D eigenvalue weighted by atomic mass is 9.81. The predicted octanol–water partition coefficient (Wildman–Crippen LogP) is 2.83. The van der Waals surface area contributed by atoms with Crippen LogP contribution in [0.5, 0.6) is 11.5 Å². The molecule has 1 aliphatic rings. The lowest BCUT2D eigenvalue weighted by Crippen LogP contribution is -2.23. The third kappa shape index (κ3) is 2.58. The number of hydrogen-bond donors (Lipinski definition) is 2. The lowest BCUT2D eigenvalue weighted by molar-refractivity contribution is 0.0878. The zero-order valence-electron chi connectivity index (χ0n) is 15.2. The molecule has 0 fully saturated rings. The maximum absolute atomic E-state index is 13.3. The number of aliphatic hydroxyl groups excluding tert-OH is 2. The Kier molecular flexibility index (Phi) is 4.58. The van der Waals surface area contributed by atoms with Crippen LogP contribution in [0.25, 0.3) is 10.8 Å². The second-order valence-electron chi connectivity index (χ2n) is 6.39. The first kappa shape index (κ1) is 18.2. The highest BCUT2D eigenvalue weighted by Gasteiger charge is 2.37. The molecule has 0 aliphatic heterocycles. The molecular formula is C22H18O6. The molecule has 142 valence electrons. The molecule has 0 amide bonds. The Balaban J connectivity index is 2.17. The van der Waals surface area contributed by atoms with Gasteiger partial charge in [-0.1, -0.05) is 43.3 Å². The fourth-order valence-corrected chi connectivity index (χ4v) is 3.70. The molecule has 6 nitrogen and oxygen atoms in total. The van der Waals surface area contributed by atoms with Crippen LogP contribution in [0.1, 0.15) is 44.3 Å². The predicted molar refractivity (Wildman–Crippen MR) is 102 cm³/mol. The summed E-state index contributed by atoms with van der Waals surface area (Å²) in [6.45, 7) is 0.684. The van der Waals surface area contributed by atoms with E-state index in [0.717, 1.165) is 12.0 Å². The number of hydrogen-bond acceptors (Lipinski definition) is 6. The Morgan fingerprint density at radius 3 is 1.82 bits per heavy atom. The van der Waals surface area contributed by atoms with Gasteiger partial charge in [-0.2, -0.15) is 0 Å². The van der Waals surface area contributed by atoms with E-state index in [1.54, 1.807) is 30.3 Å². The molecule has 28 heavy (non-hydrogen) atoms. The Hall–Kier alpha value is -3.22. The van der Waals surface area contributed by atoms with Gasteiger partial charge >= 0.3 is 0 Å². The van der Waals surface area contributed by atoms with Crippen molar-refractivity contribution in [1.82, 2.24) is 0 Å². The van der Waals surface area contributed by atoms with Crippen molar-refractivity contribution in [3.8, 4) is 11.5 Å². The van der Waals surface area contributed by atoms with E-state index in [1.807, 2.05) is 19.1 Å². The van der Waals surface area contributed by atoms with Gasteiger partial charge in [-0.25, -0.2) is 0 Å². The third-order valence-electron chi connectivity index (χ3n) is 4.97. The molecule has 6 heteroatoms. The number of fused-ring (bicyclic) bond motifs is 3. The van der Waals surface area contributed by atoms with Crippen LogP contribution in [-0.4, -0.2) is 35.4 Å². The summed E-state index contributed by atoms with van der Waals surface area (Å²) < 4.78 is 10.9. The van der Waals surface area contributed by atoms with Gasteiger partial charge in [0.05, 0.1) is 11.1 Å². The maximum Gasteiger partial charge on any atom is 0.198 e. The second-order valence-corrected chi connectivity index (χ2v) is 6.39. The van der Waals surface area contributed by atoms with Crippen molar-refractivity contribution in [1.29, 1.82) is 0 Å². The summed E-state index contributed by atoms with van der Waals surface area (Å²) in [6, 6.07) is 12.0. The van der Waals surface area contributed by atoms with E-state index in [1.165, 1.54) is 0 Å². The zero-order valence-corrected chi connectivity index (χ0v) is 15.2. The van der Waals surface area contributed by atoms with Crippen molar-refractivity contribution in [3.05, 3.63) is 70.3 Å². The van der Waals surface area contributed by atoms with Crippen LogP contribution < -0.4 is 9.47 Å². The number of aliphatic hydroxyl groups is 2. The largest absolute Gasteiger partial charge is 0.466 e. The molecule has 0 aromatic heterocycles. The first-order chi connectivity index (χ1) is 13.6. The van der Waals surface area contributed by atoms with E-state index in [0.29, 0.717) is 10.8 Å². The van der Waals surface area contributed by atoms with Crippen molar-refractivity contribution in [2.45, 2.75) is 13.3 Å². The summed E-state index contributed by atoms with van der Waals surface area (Å²) in [5.74, 6) is -0.507. The molecule has 0 atom stereocenters. The molecule has 0 saturated heterocycles. The van der Waals surface area contributed by atoms with E-state index in [4.69, 9.17) is 9.47 Å². The number of ketones is 2. The minimum atomic E-state index is -0.652. The first-order valence-corrected chi connectivity index (χ1v) is 8.90. The summed E-state index contributed by atoms with van der Waals surface area (Å²) in [7, 11) is 0. The van der Waals surface area contributed by atoms with Crippen LogP contribution in [0.2, 0.25) is 0 Å². The quantitative estimate of drug-likeness (QED) is 0.519. The van der Waals surface area contributed by atoms with E-state index in [-0.39, 0.29) is 39.5 Å². The molecule has 0 heterocycles. The topological polar surface area (TPSA) is 93.1 Å². The van der Waals surface area contributed by atoms with Crippen LogP contribution in [0.3, 0.4) is 0 Å². The third-order valence-corrected chi connectivity index (χ3v) is 4.97. The van der Waals surface area contributed by atoms with Crippen molar-refractivity contribution >= 4 is 22.3 Å². The monoisotopic (exact) mass is 378 g/mol. The highest BCUT2D eigenvalue weighted by atomic mass is 16.6. The molecule has 0 unspecified atom stereocenters. The number of ether oxygens (including phenoxy) is 2. The van der Waals surface area contributed by atoms with Crippen molar-refractivity contribution < 1.29 is 29.3 Å². The summed E-state index contributed by atoms with van der Waals surface area (Å²) in [6.07, 6.45) is 0.748. The van der Waals surface area contributed by atoms with Crippen LogP contribution >= 0.6 is 0 Å². The van der Waals surface area contributed by atoms with Crippen LogP contribution in [0.15, 0.2) is 42.5 Å². The summed E-state index contributed by atoms with van der Waals surface area (Å²) in [4.78, 5) is 26.5. The lowest BCUT2D eigenvalue weighted by Gasteiger charge is -2.24. The van der Waals surface area contributed by atoms with Gasteiger partial charge in [0.1, 0.15) is 11.5 Å². The molecule has 0 radical (unpaired) electrons. The Labute approximate surface area is 160 Å². The summed E-state index contributed by atoms with van der Waals surface area (Å²) in [5.41, 5.74) is 1.60. The average Bonchev–Trinajstić information content (AvgIpc) is 2.73.